The van der Waals surface area contributed by atoms with E-state index in [2.05, 4.69) is 19.9 Å². The van der Waals surface area contributed by atoms with Crippen LogP contribution < -0.4 is 15.0 Å². The van der Waals surface area contributed by atoms with Gasteiger partial charge in [-0.25, -0.2) is 0 Å². The molecule has 3 aliphatic rings. The first-order chi connectivity index (χ1) is 18.8. The Labute approximate surface area is 234 Å². The second-order valence-corrected chi connectivity index (χ2v) is 16.0. The fourth-order valence-electron chi connectivity index (χ4n) is 5.81. The van der Waals surface area contributed by atoms with Crippen molar-refractivity contribution in [1.82, 2.24) is 12.7 Å². The van der Waals surface area contributed by atoms with Crippen LogP contribution in [0.15, 0.2) is 23.0 Å². The molecule has 0 fully saturated rings. The van der Waals surface area contributed by atoms with Crippen LogP contribution in [0.25, 0.3) is 22.3 Å². The van der Waals surface area contributed by atoms with E-state index >= 15 is 0 Å². The van der Waals surface area contributed by atoms with Crippen molar-refractivity contribution in [2.45, 2.75) is 64.8 Å². The van der Waals surface area contributed by atoms with Gasteiger partial charge in [0.1, 0.15) is 0 Å². The van der Waals surface area contributed by atoms with Gasteiger partial charge in [-0.2, -0.15) is 0 Å². The Balaban J connectivity index is 1.56. The molecular formula is C29H34IN3O6. The molecule has 208 valence electrons. The van der Waals surface area contributed by atoms with Crippen molar-refractivity contribution >= 4 is 37.0 Å². The van der Waals surface area contributed by atoms with Gasteiger partial charge in [-0.15, -0.1) is 0 Å². The number of esters is 1. The number of unbranched alkanes of at least 4 members (excludes halogenated alkanes) is 2. The summed E-state index contributed by atoms with van der Waals surface area (Å²) in [6.45, 7) is 6.17. The molecule has 1 N–H and O–H groups in total. The molecule has 0 amide bonds. The summed E-state index contributed by atoms with van der Waals surface area (Å²) in [6, 6.07) is 5.71. The zero-order valence-corrected chi connectivity index (χ0v) is 25.0. The number of carbonyl (C=O) groups is 1. The first-order valence-corrected chi connectivity index (χ1v) is 18.7. The van der Waals surface area contributed by atoms with Gasteiger partial charge >= 0.3 is 235 Å². The number of ether oxygens (including phenoxy) is 3. The van der Waals surface area contributed by atoms with E-state index in [-0.39, 0.29) is 25.4 Å². The van der Waals surface area contributed by atoms with Gasteiger partial charge in [0.25, 0.3) is 0 Å². The fourth-order valence-corrected chi connectivity index (χ4v) is 8.13. The minimum absolute atomic E-state index is 0.112. The number of hydrogen-bond acceptors (Lipinski definition) is 8. The number of benzene rings is 1. The Morgan fingerprint density at radius 2 is 1.85 bits per heavy atom. The average molecular weight is 648 g/mol. The van der Waals surface area contributed by atoms with E-state index in [4.69, 9.17) is 19.2 Å². The second kappa shape index (κ2) is 10.0. The Hall–Kier alpha value is -2.70. The second-order valence-electron chi connectivity index (χ2n) is 10.5. The van der Waals surface area contributed by atoms with Gasteiger partial charge < -0.3 is 0 Å². The van der Waals surface area contributed by atoms with Crippen LogP contribution in [0.1, 0.15) is 61.8 Å². The summed E-state index contributed by atoms with van der Waals surface area (Å²) in [5, 5.41) is 12.2. The first-order valence-electron chi connectivity index (χ1n) is 13.4. The number of pyridine rings is 2. The van der Waals surface area contributed by atoms with Crippen LogP contribution in [-0.4, -0.2) is 46.9 Å². The molecule has 0 saturated heterocycles. The van der Waals surface area contributed by atoms with E-state index < -0.39 is 31.7 Å². The molecule has 0 aliphatic carbocycles. The summed E-state index contributed by atoms with van der Waals surface area (Å²) < 4.78 is 21.0. The molecule has 1 aromatic carbocycles. The molecule has 0 bridgehead atoms. The van der Waals surface area contributed by atoms with Gasteiger partial charge in [0.15, 0.2) is 0 Å². The summed E-state index contributed by atoms with van der Waals surface area (Å²) >= 11 is -1.34. The van der Waals surface area contributed by atoms with Gasteiger partial charge in [0.05, 0.1) is 0 Å². The summed E-state index contributed by atoms with van der Waals surface area (Å²) in [6.07, 6.45) is 3.63. The molecule has 6 rings (SSSR count). The zero-order valence-electron chi connectivity index (χ0n) is 22.8. The fraction of sp³-hybridized carbons (Fsp3) is 0.483. The zero-order chi connectivity index (χ0) is 27.5. The summed E-state index contributed by atoms with van der Waals surface area (Å²) in [5.74, 6) is 0.646. The van der Waals surface area contributed by atoms with E-state index in [9.17, 15) is 14.7 Å². The molecule has 2 aromatic heterocycles. The van der Waals surface area contributed by atoms with Crippen LogP contribution in [0.5, 0.6) is 11.5 Å². The van der Waals surface area contributed by atoms with Crippen molar-refractivity contribution in [1.29, 1.82) is 0 Å². The van der Waals surface area contributed by atoms with E-state index in [0.29, 0.717) is 34.9 Å². The van der Waals surface area contributed by atoms with Gasteiger partial charge in [-0.05, 0) is 0 Å². The molecule has 0 spiro atoms. The third kappa shape index (κ3) is 4.22. The molecule has 9 nitrogen and oxygen atoms in total. The van der Waals surface area contributed by atoms with E-state index in [1.54, 1.807) is 17.6 Å². The Bertz CT molecular complexity index is 1550. The van der Waals surface area contributed by atoms with Crippen LogP contribution in [0.3, 0.4) is 0 Å². The van der Waals surface area contributed by atoms with Crippen molar-refractivity contribution in [2.75, 3.05) is 23.2 Å². The third-order valence-electron chi connectivity index (χ3n) is 8.11. The summed E-state index contributed by atoms with van der Waals surface area (Å²) in [4.78, 5) is 36.1. The Kier molecular flexibility index (Phi) is 6.83. The maximum absolute atomic E-state index is 13.7. The number of hydrogen-bond donors (Lipinski definition) is 1. The number of nitrogens with zero attached hydrogens (tertiary/aromatic N) is 3. The van der Waals surface area contributed by atoms with Gasteiger partial charge in [-0.3, -0.25) is 0 Å². The molecule has 5 heterocycles. The SMILES string of the molecule is CCCCCN(Cc1c2c(nc3cc4c(cc13)OCO4)-c1cc3c(c(=O)n1C2)COC(=O)[C@]3(O)CC)I(C)C. The molecule has 0 radical (unpaired) electrons. The van der Waals surface area contributed by atoms with Crippen LogP contribution in [0.2, 0.25) is 0 Å². The van der Waals surface area contributed by atoms with Gasteiger partial charge in [-0.1, -0.05) is 0 Å². The minimum atomic E-state index is -1.85. The van der Waals surface area contributed by atoms with Crippen LogP contribution in [0.4, 0.5) is 0 Å². The number of aliphatic hydroxyl groups is 1. The molecule has 1 atom stereocenters. The number of alkyl halides is 2. The van der Waals surface area contributed by atoms with Gasteiger partial charge in [0.2, 0.25) is 0 Å². The van der Waals surface area contributed by atoms with Crippen molar-refractivity contribution in [3.63, 3.8) is 0 Å². The normalized spacial score (nSPS) is 19.2. The predicted molar refractivity (Wildman–Crippen MR) is 156 cm³/mol. The number of cyclic esters (lactones) is 1. The maximum atomic E-state index is 13.7. The first kappa shape index (κ1) is 26.5. The molecular weight excluding hydrogens is 613 g/mol. The van der Waals surface area contributed by atoms with Crippen molar-refractivity contribution in [2.24, 2.45) is 0 Å². The third-order valence-corrected chi connectivity index (χ3v) is 11.7. The standard InChI is InChI=1S/C29H34IN3O6/c1-5-7-8-9-32(30(3)4)13-18-17-10-24-25(39-16-38-24)12-22(17)31-26-19(18)14-33-23(26)11-21-20(27(33)34)15-37-28(35)29(21,36)6-2/h10-12,36H,5-9,13-16H2,1-4H3/t29-/m0/s1. The number of fused-ring (bicyclic) bond motifs is 6. The quantitative estimate of drug-likeness (QED) is 0.0983. The molecule has 3 aromatic rings. The van der Waals surface area contributed by atoms with Crippen LogP contribution in [0, 0.1) is 0 Å². The van der Waals surface area contributed by atoms with Gasteiger partial charge in [0, 0.05) is 0 Å². The molecule has 0 saturated carbocycles. The number of carbonyl (C=O) groups excluding carboxylic acids is 1. The van der Waals surface area contributed by atoms with Crippen molar-refractivity contribution in [3.8, 4) is 22.9 Å². The van der Waals surface area contributed by atoms with E-state index in [1.165, 1.54) is 12.8 Å². The average Bonchev–Trinajstić information content (AvgIpc) is 3.53. The van der Waals surface area contributed by atoms with Crippen LogP contribution >= 0.6 is 20.1 Å². The molecule has 3 aliphatic heterocycles. The Morgan fingerprint density at radius 3 is 2.56 bits per heavy atom. The molecule has 0 unspecified atom stereocenters. The van der Waals surface area contributed by atoms with Crippen molar-refractivity contribution < 1.29 is 24.1 Å². The Morgan fingerprint density at radius 1 is 1.08 bits per heavy atom. The topological polar surface area (TPSA) is 103 Å². The van der Waals surface area contributed by atoms with Crippen LogP contribution in [-0.2, 0) is 34.8 Å². The number of rotatable bonds is 8. The predicted octanol–water partition coefficient (Wildman–Crippen LogP) is 4.48. The van der Waals surface area contributed by atoms with Crippen molar-refractivity contribution in [3.05, 3.63) is 50.8 Å². The number of halogens is 1. The monoisotopic (exact) mass is 647 g/mol. The van der Waals surface area contributed by atoms with E-state index in [1.807, 2.05) is 12.1 Å². The molecule has 39 heavy (non-hydrogen) atoms. The summed E-state index contributed by atoms with van der Waals surface area (Å²) in [5.41, 5.74) is 2.83. The van der Waals surface area contributed by atoms with E-state index in [0.717, 1.165) is 47.2 Å². The summed E-state index contributed by atoms with van der Waals surface area (Å²) in [7, 11) is 0. The number of aromatic nitrogens is 2. The molecule has 10 heteroatoms.